The molecule has 0 fully saturated rings. The molecule has 0 saturated carbocycles. The molecular weight excluding hydrogens is 290 g/mol. The monoisotopic (exact) mass is 301 g/mol. The molecular formula is C14H11N3O5. The van der Waals surface area contributed by atoms with Crippen molar-refractivity contribution >= 4 is 5.69 Å². The van der Waals surface area contributed by atoms with Gasteiger partial charge in [-0.1, -0.05) is 5.16 Å². The Morgan fingerprint density at radius 2 is 2.23 bits per heavy atom. The Balaban J connectivity index is 1.73. The zero-order valence-corrected chi connectivity index (χ0v) is 11.6. The lowest BCUT2D eigenvalue weighted by Gasteiger charge is -2.06. The molecule has 3 aromatic rings. The van der Waals surface area contributed by atoms with Crippen LogP contribution < -0.4 is 4.74 Å². The van der Waals surface area contributed by atoms with E-state index in [1.165, 1.54) is 18.4 Å². The predicted octanol–water partition coefficient (Wildman–Crippen LogP) is 3.13. The number of nitro groups is 1. The number of aryl methyl sites for hydroxylation is 1. The molecule has 2 aromatic heterocycles. The lowest BCUT2D eigenvalue weighted by molar-refractivity contribution is -0.385. The summed E-state index contributed by atoms with van der Waals surface area (Å²) in [6, 6.07) is 7.83. The third kappa shape index (κ3) is 2.80. The molecule has 0 spiro atoms. The minimum Gasteiger partial charge on any atom is -0.483 e. The highest BCUT2D eigenvalue weighted by atomic mass is 16.6. The fraction of sp³-hybridized carbons (Fsp3) is 0.143. The van der Waals surface area contributed by atoms with E-state index in [1.807, 2.05) is 0 Å². The third-order valence-corrected chi connectivity index (χ3v) is 2.94. The van der Waals surface area contributed by atoms with Crippen molar-refractivity contribution in [2.45, 2.75) is 13.5 Å². The maximum Gasteiger partial charge on any atom is 0.273 e. The zero-order chi connectivity index (χ0) is 15.5. The number of hydrogen-bond donors (Lipinski definition) is 0. The standard InChI is InChI=1S/C14H11N3O5/c1-9-4-5-10(17(18)19)7-12(9)21-8-13-15-14(16-22-13)11-3-2-6-20-11/h2-7H,8H2,1H3. The van der Waals surface area contributed by atoms with Crippen LogP contribution in [0, 0.1) is 17.0 Å². The van der Waals surface area contributed by atoms with Crippen LogP contribution in [0.25, 0.3) is 11.6 Å². The quantitative estimate of drug-likeness (QED) is 0.526. The number of nitro benzene ring substituents is 1. The molecule has 0 radical (unpaired) electrons. The van der Waals surface area contributed by atoms with Crippen LogP contribution in [-0.4, -0.2) is 15.1 Å². The van der Waals surface area contributed by atoms with E-state index in [1.54, 1.807) is 25.1 Å². The van der Waals surface area contributed by atoms with E-state index in [-0.39, 0.29) is 18.2 Å². The van der Waals surface area contributed by atoms with Gasteiger partial charge >= 0.3 is 0 Å². The van der Waals surface area contributed by atoms with Gasteiger partial charge in [-0.25, -0.2) is 0 Å². The molecule has 8 nitrogen and oxygen atoms in total. The topological polar surface area (TPSA) is 104 Å². The fourth-order valence-electron chi connectivity index (χ4n) is 1.82. The molecule has 0 atom stereocenters. The van der Waals surface area contributed by atoms with Gasteiger partial charge in [0.15, 0.2) is 12.4 Å². The van der Waals surface area contributed by atoms with Crippen LogP contribution in [0.5, 0.6) is 5.75 Å². The van der Waals surface area contributed by atoms with E-state index >= 15 is 0 Å². The van der Waals surface area contributed by atoms with Crippen LogP contribution in [0.3, 0.4) is 0 Å². The van der Waals surface area contributed by atoms with E-state index in [9.17, 15) is 10.1 Å². The van der Waals surface area contributed by atoms with Crippen LogP contribution in [0.15, 0.2) is 45.5 Å². The maximum absolute atomic E-state index is 10.8. The summed E-state index contributed by atoms with van der Waals surface area (Å²) in [6.07, 6.45) is 1.51. The van der Waals surface area contributed by atoms with Crippen molar-refractivity contribution in [3.63, 3.8) is 0 Å². The minimum atomic E-state index is -0.478. The molecule has 0 amide bonds. The molecule has 112 valence electrons. The second-order valence-corrected chi connectivity index (χ2v) is 4.48. The lowest BCUT2D eigenvalue weighted by atomic mass is 10.2. The summed E-state index contributed by atoms with van der Waals surface area (Å²) in [5.41, 5.74) is 0.735. The normalized spacial score (nSPS) is 10.6. The molecule has 0 aliphatic rings. The predicted molar refractivity (Wildman–Crippen MR) is 74.2 cm³/mol. The van der Waals surface area contributed by atoms with Crippen molar-refractivity contribution in [3.8, 4) is 17.3 Å². The van der Waals surface area contributed by atoms with Crippen LogP contribution in [-0.2, 0) is 6.61 Å². The number of nitrogens with zero attached hydrogens (tertiary/aromatic N) is 3. The summed E-state index contributed by atoms with van der Waals surface area (Å²) in [7, 11) is 0. The van der Waals surface area contributed by atoms with Crippen molar-refractivity contribution in [3.05, 3.63) is 58.2 Å². The van der Waals surface area contributed by atoms with E-state index < -0.39 is 4.92 Å². The molecule has 0 N–H and O–H groups in total. The van der Waals surface area contributed by atoms with Gasteiger partial charge in [0.2, 0.25) is 5.82 Å². The molecule has 3 rings (SSSR count). The van der Waals surface area contributed by atoms with E-state index in [0.29, 0.717) is 17.3 Å². The Bertz CT molecular complexity index is 795. The zero-order valence-electron chi connectivity index (χ0n) is 11.6. The van der Waals surface area contributed by atoms with Gasteiger partial charge in [0.25, 0.3) is 11.6 Å². The minimum absolute atomic E-state index is 0.00964. The second kappa shape index (κ2) is 5.68. The van der Waals surface area contributed by atoms with E-state index in [2.05, 4.69) is 10.1 Å². The van der Waals surface area contributed by atoms with Crippen LogP contribution in [0.1, 0.15) is 11.5 Å². The van der Waals surface area contributed by atoms with Crippen molar-refractivity contribution in [2.24, 2.45) is 0 Å². The molecule has 8 heteroatoms. The second-order valence-electron chi connectivity index (χ2n) is 4.48. The number of rotatable bonds is 5. The number of non-ortho nitro benzene ring substituents is 1. The highest BCUT2D eigenvalue weighted by Gasteiger charge is 2.13. The number of benzene rings is 1. The first-order valence-electron chi connectivity index (χ1n) is 6.38. The van der Waals surface area contributed by atoms with Gasteiger partial charge in [-0.05, 0) is 30.7 Å². The van der Waals surface area contributed by atoms with Crippen LogP contribution in [0.2, 0.25) is 0 Å². The SMILES string of the molecule is Cc1ccc([N+](=O)[O-])cc1OCc1nc(-c2ccco2)no1. The van der Waals surface area contributed by atoms with Crippen molar-refractivity contribution in [1.29, 1.82) is 0 Å². The number of aromatic nitrogens is 2. The van der Waals surface area contributed by atoms with Gasteiger partial charge in [-0.3, -0.25) is 10.1 Å². The molecule has 1 aromatic carbocycles. The first kappa shape index (κ1) is 13.8. The summed E-state index contributed by atoms with van der Waals surface area (Å²) in [6.45, 7) is 1.80. The first-order valence-corrected chi connectivity index (χ1v) is 6.38. The van der Waals surface area contributed by atoms with Gasteiger partial charge in [-0.15, -0.1) is 0 Å². The molecule has 0 saturated heterocycles. The highest BCUT2D eigenvalue weighted by Crippen LogP contribution is 2.25. The number of hydrogen-bond acceptors (Lipinski definition) is 7. The van der Waals surface area contributed by atoms with Crippen LogP contribution in [0.4, 0.5) is 5.69 Å². The molecule has 0 aliphatic carbocycles. The van der Waals surface area contributed by atoms with Gasteiger partial charge in [-0.2, -0.15) is 4.98 Å². The van der Waals surface area contributed by atoms with Crippen LogP contribution >= 0.6 is 0 Å². The van der Waals surface area contributed by atoms with Gasteiger partial charge in [0.1, 0.15) is 5.75 Å². The molecule has 0 aliphatic heterocycles. The largest absolute Gasteiger partial charge is 0.483 e. The summed E-state index contributed by atoms with van der Waals surface area (Å²) < 4.78 is 15.7. The molecule has 0 bridgehead atoms. The molecule has 2 heterocycles. The summed E-state index contributed by atoms with van der Waals surface area (Å²) in [4.78, 5) is 14.4. The third-order valence-electron chi connectivity index (χ3n) is 2.94. The summed E-state index contributed by atoms with van der Waals surface area (Å²) in [5.74, 6) is 1.45. The van der Waals surface area contributed by atoms with Gasteiger partial charge < -0.3 is 13.7 Å². The Hall–Kier alpha value is -3.16. The van der Waals surface area contributed by atoms with Crippen molar-refractivity contribution < 1.29 is 18.6 Å². The van der Waals surface area contributed by atoms with Crippen molar-refractivity contribution in [1.82, 2.24) is 10.1 Å². The van der Waals surface area contributed by atoms with Crippen molar-refractivity contribution in [2.75, 3.05) is 0 Å². The number of furan rings is 1. The lowest BCUT2D eigenvalue weighted by Crippen LogP contribution is -1.98. The Labute approximate surface area is 124 Å². The van der Waals surface area contributed by atoms with Gasteiger partial charge in [0, 0.05) is 6.07 Å². The molecule has 0 unspecified atom stereocenters. The summed E-state index contributed by atoms with van der Waals surface area (Å²) in [5, 5.41) is 14.5. The smallest absolute Gasteiger partial charge is 0.273 e. The number of ether oxygens (including phenoxy) is 1. The van der Waals surface area contributed by atoms with E-state index in [4.69, 9.17) is 13.7 Å². The van der Waals surface area contributed by atoms with Gasteiger partial charge in [0.05, 0.1) is 17.3 Å². The Morgan fingerprint density at radius 1 is 1.36 bits per heavy atom. The van der Waals surface area contributed by atoms with E-state index in [0.717, 1.165) is 5.56 Å². The first-order chi connectivity index (χ1) is 10.6. The average molecular weight is 301 g/mol. The maximum atomic E-state index is 10.8. The fourth-order valence-corrected chi connectivity index (χ4v) is 1.82. The summed E-state index contributed by atoms with van der Waals surface area (Å²) >= 11 is 0. The Morgan fingerprint density at radius 3 is 2.95 bits per heavy atom. The Kier molecular flexibility index (Phi) is 3.57. The molecule has 22 heavy (non-hydrogen) atoms. The average Bonchev–Trinajstić information content (AvgIpc) is 3.17. The highest BCUT2D eigenvalue weighted by molar-refractivity contribution is 5.45.